The van der Waals surface area contributed by atoms with Crippen LogP contribution in [-0.4, -0.2) is 30.8 Å². The third-order valence-electron chi connectivity index (χ3n) is 4.55. The van der Waals surface area contributed by atoms with Gasteiger partial charge in [-0.1, -0.05) is 0 Å². The van der Waals surface area contributed by atoms with Crippen LogP contribution in [0.15, 0.2) is 6.07 Å². The monoisotopic (exact) mass is 285 g/mol. The van der Waals surface area contributed by atoms with Crippen molar-refractivity contribution in [2.24, 2.45) is 0 Å². The van der Waals surface area contributed by atoms with Gasteiger partial charge >= 0.3 is 0 Å². The normalized spacial score (nSPS) is 19.1. The summed E-state index contributed by atoms with van der Waals surface area (Å²) in [4.78, 5) is 7.11. The van der Waals surface area contributed by atoms with Crippen molar-refractivity contribution in [2.45, 2.75) is 51.6 Å². The largest absolute Gasteiger partial charge is 0.378 e. The van der Waals surface area contributed by atoms with Crippen LogP contribution in [-0.2, 0) is 17.6 Å². The van der Waals surface area contributed by atoms with Gasteiger partial charge in [-0.05, 0) is 57.1 Å². The van der Waals surface area contributed by atoms with Crippen molar-refractivity contribution < 1.29 is 4.74 Å². The highest BCUT2D eigenvalue weighted by Gasteiger charge is 2.24. The molecule has 112 valence electrons. The lowest BCUT2D eigenvalue weighted by molar-refractivity contribution is 0.0458. The van der Waals surface area contributed by atoms with Gasteiger partial charge in [0.2, 0.25) is 0 Å². The summed E-state index contributed by atoms with van der Waals surface area (Å²) in [6, 6.07) is 4.42. The van der Waals surface area contributed by atoms with Crippen molar-refractivity contribution in [3.05, 3.63) is 22.9 Å². The van der Waals surface area contributed by atoms with E-state index in [0.717, 1.165) is 56.8 Å². The van der Waals surface area contributed by atoms with Gasteiger partial charge in [0.25, 0.3) is 0 Å². The molecular formula is C17H23N3O. The van der Waals surface area contributed by atoms with Crippen LogP contribution in [0.1, 0.15) is 49.4 Å². The summed E-state index contributed by atoms with van der Waals surface area (Å²) in [5.74, 6) is 0.896. The van der Waals surface area contributed by atoms with Crippen LogP contribution in [0.3, 0.4) is 0 Å². The summed E-state index contributed by atoms with van der Waals surface area (Å²) in [5, 5.41) is 9.45. The maximum absolute atomic E-state index is 9.45. The minimum absolute atomic E-state index is 0.370. The number of anilines is 1. The maximum Gasteiger partial charge on any atom is 0.146 e. The van der Waals surface area contributed by atoms with E-state index in [2.05, 4.69) is 17.0 Å². The lowest BCUT2D eigenvalue weighted by Gasteiger charge is -2.33. The molecule has 0 spiro atoms. The van der Waals surface area contributed by atoms with E-state index in [0.29, 0.717) is 6.10 Å². The lowest BCUT2D eigenvalue weighted by Crippen LogP contribution is -2.38. The first kappa shape index (κ1) is 14.3. The van der Waals surface area contributed by atoms with Gasteiger partial charge in [0, 0.05) is 25.4 Å². The molecule has 1 fully saturated rings. The van der Waals surface area contributed by atoms with Gasteiger partial charge in [-0.15, -0.1) is 0 Å². The van der Waals surface area contributed by atoms with Gasteiger partial charge in [-0.2, -0.15) is 5.26 Å². The zero-order valence-electron chi connectivity index (χ0n) is 12.8. The van der Waals surface area contributed by atoms with Crippen LogP contribution >= 0.6 is 0 Å². The van der Waals surface area contributed by atoms with Gasteiger partial charge in [-0.25, -0.2) is 4.98 Å². The summed E-state index contributed by atoms with van der Waals surface area (Å²) >= 11 is 0. The Hall–Kier alpha value is -1.60. The topological polar surface area (TPSA) is 49.1 Å². The van der Waals surface area contributed by atoms with E-state index in [-0.39, 0.29) is 0 Å². The summed E-state index contributed by atoms with van der Waals surface area (Å²) in [5.41, 5.74) is 3.23. The van der Waals surface area contributed by atoms with Crippen molar-refractivity contribution in [1.82, 2.24) is 4.98 Å². The average Bonchev–Trinajstić information content (AvgIpc) is 2.54. The van der Waals surface area contributed by atoms with E-state index in [4.69, 9.17) is 9.72 Å². The number of ether oxygens (including phenoxy) is 1. The number of nitriles is 1. The highest BCUT2D eigenvalue weighted by atomic mass is 16.5. The van der Waals surface area contributed by atoms with Gasteiger partial charge in [0.1, 0.15) is 11.9 Å². The highest BCUT2D eigenvalue weighted by Crippen LogP contribution is 2.28. The fourth-order valence-corrected chi connectivity index (χ4v) is 3.42. The van der Waals surface area contributed by atoms with Crippen molar-refractivity contribution in [1.29, 1.82) is 5.26 Å². The first-order chi connectivity index (χ1) is 10.3. The molecule has 1 aromatic rings. The first-order valence-corrected chi connectivity index (χ1v) is 8.11. The molecule has 0 radical (unpaired) electrons. The molecule has 0 N–H and O–H groups in total. The molecule has 3 rings (SSSR count). The molecule has 0 aromatic carbocycles. The third-order valence-corrected chi connectivity index (χ3v) is 4.55. The maximum atomic E-state index is 9.45. The zero-order chi connectivity index (χ0) is 14.7. The predicted molar refractivity (Wildman–Crippen MR) is 82.5 cm³/mol. The van der Waals surface area contributed by atoms with Crippen molar-refractivity contribution >= 4 is 5.82 Å². The molecule has 0 atom stereocenters. The molecule has 2 aliphatic rings. The molecular weight excluding hydrogens is 262 g/mol. The third kappa shape index (κ3) is 3.03. The number of aromatic nitrogens is 1. The number of hydrogen-bond acceptors (Lipinski definition) is 4. The molecule has 1 aliphatic heterocycles. The molecule has 21 heavy (non-hydrogen) atoms. The van der Waals surface area contributed by atoms with E-state index in [1.54, 1.807) is 0 Å². The summed E-state index contributed by atoms with van der Waals surface area (Å²) in [6.07, 6.45) is 6.99. The molecule has 4 heteroatoms. The van der Waals surface area contributed by atoms with Crippen LogP contribution in [0.4, 0.5) is 5.82 Å². The van der Waals surface area contributed by atoms with Crippen LogP contribution in [0, 0.1) is 11.3 Å². The summed E-state index contributed by atoms with van der Waals surface area (Å²) in [7, 11) is 0. The Morgan fingerprint density at radius 2 is 2.10 bits per heavy atom. The van der Waals surface area contributed by atoms with E-state index in [9.17, 15) is 5.26 Å². The standard InChI is InChI=1S/C17H23N3O/c1-2-21-15-7-9-20(10-8-15)17-14(12-18)11-13-5-3-4-6-16(13)19-17/h11,15H,2-10H2,1H3. The molecule has 1 saturated heterocycles. The van der Waals surface area contributed by atoms with Crippen LogP contribution in [0.5, 0.6) is 0 Å². The Morgan fingerprint density at radius 1 is 1.33 bits per heavy atom. The summed E-state index contributed by atoms with van der Waals surface area (Å²) < 4.78 is 5.70. The molecule has 1 aliphatic carbocycles. The van der Waals surface area contributed by atoms with Crippen molar-refractivity contribution in [2.75, 3.05) is 24.6 Å². The van der Waals surface area contributed by atoms with Gasteiger partial charge in [0.05, 0.1) is 11.7 Å². The van der Waals surface area contributed by atoms with Gasteiger partial charge < -0.3 is 9.64 Å². The van der Waals surface area contributed by atoms with E-state index in [1.807, 2.05) is 6.92 Å². The van der Waals surface area contributed by atoms with Crippen LogP contribution in [0.25, 0.3) is 0 Å². The number of piperidine rings is 1. The SMILES string of the molecule is CCOC1CCN(c2nc3c(cc2C#N)CCCC3)CC1. The Labute approximate surface area is 126 Å². The van der Waals surface area contributed by atoms with Gasteiger partial charge in [-0.3, -0.25) is 0 Å². The molecule has 2 heterocycles. The second-order valence-electron chi connectivity index (χ2n) is 5.93. The highest BCUT2D eigenvalue weighted by molar-refractivity contribution is 5.56. The number of fused-ring (bicyclic) bond motifs is 1. The smallest absolute Gasteiger partial charge is 0.146 e. The number of pyridine rings is 1. The molecule has 4 nitrogen and oxygen atoms in total. The zero-order valence-corrected chi connectivity index (χ0v) is 12.8. The molecule has 0 bridgehead atoms. The molecule has 0 unspecified atom stereocenters. The number of rotatable bonds is 3. The number of hydrogen-bond donors (Lipinski definition) is 0. The van der Waals surface area contributed by atoms with E-state index >= 15 is 0 Å². The molecule has 0 amide bonds. The minimum atomic E-state index is 0.370. The van der Waals surface area contributed by atoms with E-state index < -0.39 is 0 Å². The van der Waals surface area contributed by atoms with Crippen LogP contribution < -0.4 is 4.90 Å². The Balaban J connectivity index is 1.80. The fraction of sp³-hybridized carbons (Fsp3) is 0.647. The first-order valence-electron chi connectivity index (χ1n) is 8.11. The lowest BCUT2D eigenvalue weighted by atomic mass is 9.94. The van der Waals surface area contributed by atoms with Crippen molar-refractivity contribution in [3.8, 4) is 6.07 Å². The number of nitrogens with zero attached hydrogens (tertiary/aromatic N) is 3. The summed E-state index contributed by atoms with van der Waals surface area (Å²) in [6.45, 7) is 4.70. The predicted octanol–water partition coefficient (Wildman–Crippen LogP) is 2.84. The van der Waals surface area contributed by atoms with Gasteiger partial charge in [0.15, 0.2) is 0 Å². The fourth-order valence-electron chi connectivity index (χ4n) is 3.42. The second-order valence-corrected chi connectivity index (χ2v) is 5.93. The minimum Gasteiger partial charge on any atom is -0.378 e. The quantitative estimate of drug-likeness (QED) is 0.857. The molecule has 0 saturated carbocycles. The van der Waals surface area contributed by atoms with Crippen molar-refractivity contribution in [3.63, 3.8) is 0 Å². The van der Waals surface area contributed by atoms with Crippen LogP contribution in [0.2, 0.25) is 0 Å². The van der Waals surface area contributed by atoms with E-state index in [1.165, 1.54) is 24.1 Å². The Bertz CT molecular complexity index is 542. The number of aryl methyl sites for hydroxylation is 2. The Morgan fingerprint density at radius 3 is 2.81 bits per heavy atom. The Kier molecular flexibility index (Phi) is 4.40. The molecule has 1 aromatic heterocycles. The average molecular weight is 285 g/mol. The second kappa shape index (κ2) is 6.44.